The number of hydrogen-bond donors (Lipinski definition) is 1. The summed E-state index contributed by atoms with van der Waals surface area (Å²) in [6.45, 7) is 0. The molecule has 1 nitrogen and oxygen atoms in total. The molecule has 20 heavy (non-hydrogen) atoms. The van der Waals surface area contributed by atoms with E-state index in [0.29, 0.717) is 6.04 Å². The minimum atomic E-state index is 0.599. The fourth-order valence-corrected chi connectivity index (χ4v) is 5.19. The molecule has 3 saturated carbocycles. The summed E-state index contributed by atoms with van der Waals surface area (Å²) in [6.07, 6.45) is 10.2. The first-order valence-electron chi connectivity index (χ1n) is 8.63. The monoisotopic (exact) mass is 269 g/mol. The molecule has 2 bridgehead atoms. The van der Waals surface area contributed by atoms with Crippen molar-refractivity contribution in [3.05, 3.63) is 35.4 Å². The van der Waals surface area contributed by atoms with Crippen LogP contribution in [0, 0.1) is 17.8 Å². The third-order valence-electron chi connectivity index (χ3n) is 6.41. The SMILES string of the molecule is CNC(c1ccccc1C1CCC1)C1CC2CCC1C2. The second-order valence-electron chi connectivity index (χ2n) is 7.36. The van der Waals surface area contributed by atoms with Gasteiger partial charge in [-0.15, -0.1) is 0 Å². The van der Waals surface area contributed by atoms with Gasteiger partial charge in [-0.25, -0.2) is 0 Å². The van der Waals surface area contributed by atoms with Crippen LogP contribution in [0.3, 0.4) is 0 Å². The van der Waals surface area contributed by atoms with Gasteiger partial charge in [-0.05, 0) is 74.0 Å². The Morgan fingerprint density at radius 2 is 1.90 bits per heavy atom. The van der Waals surface area contributed by atoms with Gasteiger partial charge >= 0.3 is 0 Å². The topological polar surface area (TPSA) is 12.0 Å². The molecular weight excluding hydrogens is 242 g/mol. The molecule has 3 aliphatic rings. The second-order valence-corrected chi connectivity index (χ2v) is 7.36. The molecule has 4 atom stereocenters. The number of rotatable bonds is 4. The predicted octanol–water partition coefficient (Wildman–Crippen LogP) is 4.65. The number of hydrogen-bond acceptors (Lipinski definition) is 1. The van der Waals surface area contributed by atoms with E-state index in [0.717, 1.165) is 23.7 Å². The molecule has 0 heterocycles. The van der Waals surface area contributed by atoms with E-state index in [-0.39, 0.29) is 0 Å². The van der Waals surface area contributed by atoms with Gasteiger partial charge in [-0.3, -0.25) is 0 Å². The number of nitrogens with one attached hydrogen (secondary N) is 1. The number of fused-ring (bicyclic) bond motifs is 2. The van der Waals surface area contributed by atoms with E-state index in [4.69, 9.17) is 0 Å². The fraction of sp³-hybridized carbons (Fsp3) is 0.684. The second kappa shape index (κ2) is 5.18. The van der Waals surface area contributed by atoms with Crippen LogP contribution in [0.1, 0.15) is 68.0 Å². The summed E-state index contributed by atoms with van der Waals surface area (Å²) in [5.41, 5.74) is 3.28. The Labute approximate surface area is 123 Å². The quantitative estimate of drug-likeness (QED) is 0.839. The van der Waals surface area contributed by atoms with Gasteiger partial charge in [-0.2, -0.15) is 0 Å². The Hall–Kier alpha value is -0.820. The van der Waals surface area contributed by atoms with Crippen molar-refractivity contribution in [1.82, 2.24) is 5.32 Å². The normalized spacial score (nSPS) is 34.1. The van der Waals surface area contributed by atoms with Crippen LogP contribution in [0.5, 0.6) is 0 Å². The van der Waals surface area contributed by atoms with Crippen LogP contribution in [0.4, 0.5) is 0 Å². The summed E-state index contributed by atoms with van der Waals surface area (Å²) >= 11 is 0. The predicted molar refractivity (Wildman–Crippen MR) is 83.8 cm³/mol. The van der Waals surface area contributed by atoms with Crippen LogP contribution in [0.2, 0.25) is 0 Å². The Morgan fingerprint density at radius 1 is 1.05 bits per heavy atom. The molecule has 1 heteroatoms. The van der Waals surface area contributed by atoms with E-state index >= 15 is 0 Å². The van der Waals surface area contributed by atoms with Crippen molar-refractivity contribution in [2.24, 2.45) is 17.8 Å². The standard InChI is InChI=1S/C19H27N/c1-20-19(18-12-13-9-10-15(18)11-13)17-8-3-2-7-16(17)14-5-4-6-14/h2-3,7-8,13-15,18-20H,4-6,9-12H2,1H3. The first kappa shape index (κ1) is 12.9. The molecule has 0 amide bonds. The molecule has 3 aliphatic carbocycles. The minimum Gasteiger partial charge on any atom is -0.313 e. The summed E-state index contributed by atoms with van der Waals surface area (Å²) in [7, 11) is 2.17. The van der Waals surface area contributed by atoms with Gasteiger partial charge in [-0.1, -0.05) is 37.1 Å². The summed E-state index contributed by atoms with van der Waals surface area (Å²) in [6, 6.07) is 9.89. The molecule has 1 aromatic rings. The van der Waals surface area contributed by atoms with Crippen molar-refractivity contribution in [2.75, 3.05) is 7.05 Å². The van der Waals surface area contributed by atoms with Gasteiger partial charge < -0.3 is 5.32 Å². The maximum atomic E-state index is 3.69. The van der Waals surface area contributed by atoms with Crippen molar-refractivity contribution in [3.63, 3.8) is 0 Å². The van der Waals surface area contributed by atoms with Gasteiger partial charge in [0, 0.05) is 6.04 Å². The Balaban J connectivity index is 1.64. The highest BCUT2D eigenvalue weighted by Gasteiger charge is 2.43. The molecule has 1 N–H and O–H groups in total. The molecule has 1 aromatic carbocycles. The van der Waals surface area contributed by atoms with Gasteiger partial charge in [0.15, 0.2) is 0 Å². The first-order valence-corrected chi connectivity index (χ1v) is 8.63. The largest absolute Gasteiger partial charge is 0.313 e. The molecule has 4 unspecified atom stereocenters. The lowest BCUT2D eigenvalue weighted by molar-refractivity contribution is 0.257. The van der Waals surface area contributed by atoms with Crippen molar-refractivity contribution in [1.29, 1.82) is 0 Å². The van der Waals surface area contributed by atoms with Gasteiger partial charge in [0.25, 0.3) is 0 Å². The van der Waals surface area contributed by atoms with Crippen LogP contribution >= 0.6 is 0 Å². The average Bonchev–Trinajstić information content (AvgIpc) is 3.02. The van der Waals surface area contributed by atoms with E-state index in [1.807, 2.05) is 0 Å². The zero-order chi connectivity index (χ0) is 13.5. The molecular formula is C19H27N. The smallest absolute Gasteiger partial charge is 0.0351 e. The number of benzene rings is 1. The van der Waals surface area contributed by atoms with Crippen LogP contribution in [-0.2, 0) is 0 Å². The van der Waals surface area contributed by atoms with Crippen LogP contribution in [0.15, 0.2) is 24.3 Å². The lowest BCUT2D eigenvalue weighted by Crippen LogP contribution is -2.30. The van der Waals surface area contributed by atoms with Crippen LogP contribution in [0.25, 0.3) is 0 Å². The molecule has 0 saturated heterocycles. The van der Waals surface area contributed by atoms with Crippen molar-refractivity contribution in [2.45, 2.75) is 56.9 Å². The highest BCUT2D eigenvalue weighted by Crippen LogP contribution is 2.53. The summed E-state index contributed by atoms with van der Waals surface area (Å²) in [5, 5.41) is 3.69. The van der Waals surface area contributed by atoms with Crippen LogP contribution in [-0.4, -0.2) is 7.05 Å². The van der Waals surface area contributed by atoms with E-state index in [2.05, 4.69) is 36.6 Å². The highest BCUT2D eigenvalue weighted by molar-refractivity contribution is 5.35. The zero-order valence-corrected chi connectivity index (χ0v) is 12.6. The van der Waals surface area contributed by atoms with E-state index < -0.39 is 0 Å². The lowest BCUT2D eigenvalue weighted by Gasteiger charge is -2.35. The first-order chi connectivity index (χ1) is 9.86. The zero-order valence-electron chi connectivity index (χ0n) is 12.6. The van der Waals surface area contributed by atoms with E-state index in [1.165, 1.54) is 44.9 Å². The maximum absolute atomic E-state index is 3.69. The van der Waals surface area contributed by atoms with Gasteiger partial charge in [0.1, 0.15) is 0 Å². The van der Waals surface area contributed by atoms with Gasteiger partial charge in [0.2, 0.25) is 0 Å². The summed E-state index contributed by atoms with van der Waals surface area (Å²) in [4.78, 5) is 0. The average molecular weight is 269 g/mol. The molecule has 0 radical (unpaired) electrons. The highest BCUT2D eigenvalue weighted by atomic mass is 14.9. The molecule has 3 fully saturated rings. The third-order valence-corrected chi connectivity index (χ3v) is 6.41. The third kappa shape index (κ3) is 2.02. The van der Waals surface area contributed by atoms with Crippen molar-refractivity contribution in [3.8, 4) is 0 Å². The Kier molecular flexibility index (Phi) is 3.34. The molecule has 108 valence electrons. The maximum Gasteiger partial charge on any atom is 0.0351 e. The summed E-state index contributed by atoms with van der Waals surface area (Å²) < 4.78 is 0. The van der Waals surface area contributed by atoms with E-state index in [1.54, 1.807) is 11.1 Å². The van der Waals surface area contributed by atoms with Crippen LogP contribution < -0.4 is 5.32 Å². The molecule has 0 spiro atoms. The van der Waals surface area contributed by atoms with E-state index in [9.17, 15) is 0 Å². The van der Waals surface area contributed by atoms with Crippen molar-refractivity contribution >= 4 is 0 Å². The fourth-order valence-electron chi connectivity index (χ4n) is 5.19. The van der Waals surface area contributed by atoms with Gasteiger partial charge in [0.05, 0.1) is 0 Å². The van der Waals surface area contributed by atoms with Crippen molar-refractivity contribution < 1.29 is 0 Å². The minimum absolute atomic E-state index is 0.599. The molecule has 4 rings (SSSR count). The Morgan fingerprint density at radius 3 is 2.50 bits per heavy atom. The molecule has 0 aromatic heterocycles. The summed E-state index contributed by atoms with van der Waals surface area (Å²) in [5.74, 6) is 3.77. The molecule has 0 aliphatic heterocycles. The lowest BCUT2D eigenvalue weighted by atomic mass is 9.73. The Bertz CT molecular complexity index is 476.